The molecule has 1 aromatic carbocycles. The van der Waals surface area contributed by atoms with Crippen molar-refractivity contribution in [3.63, 3.8) is 0 Å². The maximum absolute atomic E-state index is 12.9. The van der Waals surface area contributed by atoms with E-state index in [1.165, 1.54) is 0 Å². The van der Waals surface area contributed by atoms with Crippen LogP contribution in [0.15, 0.2) is 36.9 Å². The normalized spacial score (nSPS) is 15.5. The van der Waals surface area contributed by atoms with E-state index in [4.69, 9.17) is 24.0 Å². The average molecular weight is 595 g/mol. The number of fused-ring (bicyclic) bond motifs is 1. The summed E-state index contributed by atoms with van der Waals surface area (Å²) in [5.41, 5.74) is 4.68. The number of likely N-dealkylation sites (tertiary alicyclic amines) is 1. The van der Waals surface area contributed by atoms with Crippen LogP contribution in [0.3, 0.4) is 0 Å². The minimum absolute atomic E-state index is 0.0126. The third-order valence-corrected chi connectivity index (χ3v) is 8.96. The van der Waals surface area contributed by atoms with Gasteiger partial charge in [0.2, 0.25) is 0 Å². The molecule has 10 heteroatoms. The Morgan fingerprint density at radius 3 is 2.52 bits per heavy atom. The van der Waals surface area contributed by atoms with Gasteiger partial charge in [-0.15, -0.1) is 10.2 Å². The van der Waals surface area contributed by atoms with Crippen molar-refractivity contribution in [1.82, 2.24) is 19.7 Å². The molecule has 1 aliphatic rings. The second-order valence-corrected chi connectivity index (χ2v) is 18.8. The first kappa shape index (κ1) is 31.7. The van der Waals surface area contributed by atoms with Gasteiger partial charge in [-0.05, 0) is 63.9 Å². The van der Waals surface area contributed by atoms with E-state index in [0.29, 0.717) is 37.7 Å². The molecule has 2 aromatic heterocycles. The fourth-order valence-electron chi connectivity index (χ4n) is 5.04. The highest BCUT2D eigenvalue weighted by atomic mass is 28.3. The predicted molar refractivity (Wildman–Crippen MR) is 169 cm³/mol. The fraction of sp³-hybridized carbons (Fsp3) is 0.531. The van der Waals surface area contributed by atoms with Gasteiger partial charge in [0, 0.05) is 63.0 Å². The number of amides is 1. The Hall–Kier alpha value is -3.21. The smallest absolute Gasteiger partial charge is 0.410 e. The second-order valence-electron chi connectivity index (χ2n) is 13.2. The number of aromatic nitrogens is 3. The van der Waals surface area contributed by atoms with Crippen LogP contribution < -0.4 is 4.74 Å². The number of ether oxygens (including phenoxy) is 4. The zero-order valence-electron chi connectivity index (χ0n) is 26.5. The number of allylic oxidation sites excluding steroid dienone is 1. The lowest BCUT2D eigenvalue weighted by atomic mass is 9.94. The Morgan fingerprint density at radius 2 is 1.90 bits per heavy atom. The number of nitrogens with zero attached hydrogens (tertiary/aromatic N) is 4. The van der Waals surface area contributed by atoms with Crippen LogP contribution in [0.2, 0.25) is 25.7 Å². The molecule has 0 saturated carbocycles. The van der Waals surface area contributed by atoms with Crippen molar-refractivity contribution < 1.29 is 23.7 Å². The number of para-hydroxylation sites is 1. The summed E-state index contributed by atoms with van der Waals surface area (Å²) in [6.07, 6.45) is 1.26. The average Bonchev–Trinajstić information content (AvgIpc) is 3.18. The molecule has 1 unspecified atom stereocenters. The van der Waals surface area contributed by atoms with Crippen molar-refractivity contribution in [3.8, 4) is 17.0 Å². The van der Waals surface area contributed by atoms with Crippen LogP contribution >= 0.6 is 0 Å². The van der Waals surface area contributed by atoms with Gasteiger partial charge in [-0.2, -0.15) is 0 Å². The quantitative estimate of drug-likeness (QED) is 0.127. The molecule has 0 radical (unpaired) electrons. The van der Waals surface area contributed by atoms with Gasteiger partial charge < -0.3 is 28.4 Å². The summed E-state index contributed by atoms with van der Waals surface area (Å²) in [4.78, 5) is 14.8. The first-order valence-electron chi connectivity index (χ1n) is 14.6. The van der Waals surface area contributed by atoms with Crippen molar-refractivity contribution in [2.45, 2.75) is 84.6 Å². The number of benzene rings is 1. The highest BCUT2D eigenvalue weighted by molar-refractivity contribution is 6.76. The summed E-state index contributed by atoms with van der Waals surface area (Å²) < 4.78 is 25.0. The number of rotatable bonds is 12. The minimum atomic E-state index is -1.26. The lowest BCUT2D eigenvalue weighted by Crippen LogP contribution is -2.53. The zero-order valence-corrected chi connectivity index (χ0v) is 27.5. The van der Waals surface area contributed by atoms with Crippen molar-refractivity contribution in [2.75, 3.05) is 27.1 Å². The molecular formula is C32H46N4O5Si. The Bertz CT molecular complexity index is 1420. The van der Waals surface area contributed by atoms with Crippen molar-refractivity contribution in [2.24, 2.45) is 0 Å². The minimum Gasteiger partial charge on any atom is -0.467 e. The van der Waals surface area contributed by atoms with E-state index in [-0.39, 0.29) is 18.9 Å². The van der Waals surface area contributed by atoms with E-state index >= 15 is 0 Å². The topological polar surface area (TPSA) is 87.9 Å². The molecule has 0 aliphatic carbocycles. The standard InChI is InChI=1S/C32H46N4O5Si/c1-22(2)29-25-19-26(24-12-10-11-13-28(24)40-21-38-6)33-34-30(25)36(20-39-16-17-42(7,8)9)27(29)18-23-14-15-35(23)31(37)41-32(3,4)5/h10-13,19,23H,1,14-18,20-21H2,2-9H3. The van der Waals surface area contributed by atoms with Crippen molar-refractivity contribution >= 4 is 30.8 Å². The van der Waals surface area contributed by atoms with Crippen molar-refractivity contribution in [1.29, 1.82) is 0 Å². The van der Waals surface area contributed by atoms with E-state index in [0.717, 1.165) is 45.9 Å². The van der Waals surface area contributed by atoms with E-state index in [2.05, 4.69) is 42.0 Å². The number of carbonyl (C=O) groups is 1. The molecule has 0 bridgehead atoms. The van der Waals surface area contributed by atoms with Gasteiger partial charge in [0.1, 0.15) is 18.1 Å². The molecule has 228 valence electrons. The van der Waals surface area contributed by atoms with Gasteiger partial charge >= 0.3 is 6.09 Å². The molecule has 1 amide bonds. The molecule has 0 N–H and O–H groups in total. The van der Waals surface area contributed by atoms with Gasteiger partial charge in [0.25, 0.3) is 0 Å². The number of hydrogen-bond acceptors (Lipinski definition) is 7. The summed E-state index contributed by atoms with van der Waals surface area (Å²) in [6.45, 7) is 20.9. The molecule has 0 spiro atoms. The molecule has 9 nitrogen and oxygen atoms in total. The van der Waals surface area contributed by atoms with Crippen molar-refractivity contribution in [3.05, 3.63) is 48.2 Å². The van der Waals surface area contributed by atoms with Crippen LogP contribution in [-0.4, -0.2) is 72.5 Å². The van der Waals surface area contributed by atoms with Gasteiger partial charge in [-0.25, -0.2) is 4.79 Å². The summed E-state index contributed by atoms with van der Waals surface area (Å²) in [5.74, 6) is 0.668. The molecule has 1 fully saturated rings. The third-order valence-electron chi connectivity index (χ3n) is 7.25. The van der Waals surface area contributed by atoms with Crippen LogP contribution in [0.1, 0.15) is 45.4 Å². The lowest BCUT2D eigenvalue weighted by Gasteiger charge is -2.41. The predicted octanol–water partition coefficient (Wildman–Crippen LogP) is 6.98. The summed E-state index contributed by atoms with van der Waals surface area (Å²) in [5, 5.41) is 10.3. The van der Waals surface area contributed by atoms with E-state index < -0.39 is 13.7 Å². The first-order valence-corrected chi connectivity index (χ1v) is 18.3. The highest BCUT2D eigenvalue weighted by Gasteiger charge is 2.37. The molecule has 4 rings (SSSR count). The zero-order chi connectivity index (χ0) is 30.7. The fourth-order valence-corrected chi connectivity index (χ4v) is 5.80. The second kappa shape index (κ2) is 13.0. The van der Waals surface area contributed by atoms with Gasteiger partial charge in [-0.3, -0.25) is 0 Å². The maximum Gasteiger partial charge on any atom is 0.410 e. The third kappa shape index (κ3) is 7.59. The summed E-state index contributed by atoms with van der Waals surface area (Å²) >= 11 is 0. The van der Waals surface area contributed by atoms with Crippen LogP contribution in [0, 0.1) is 0 Å². The maximum atomic E-state index is 12.9. The Kier molecular flexibility index (Phi) is 9.80. The molecule has 3 heterocycles. The molecule has 3 aromatic rings. The van der Waals surface area contributed by atoms with Gasteiger partial charge in [0.15, 0.2) is 12.4 Å². The Morgan fingerprint density at radius 1 is 1.17 bits per heavy atom. The van der Waals surface area contributed by atoms with E-state index in [9.17, 15) is 4.79 Å². The Labute approximate surface area is 250 Å². The SMILES string of the molecule is C=C(C)c1c(CC2CCN2C(=O)OC(C)(C)C)n(COCC[Si](C)(C)C)c2nnc(-c3ccccc3OCOC)cc12. The van der Waals surface area contributed by atoms with Crippen LogP contribution in [0.25, 0.3) is 27.9 Å². The summed E-state index contributed by atoms with van der Waals surface area (Å²) in [6, 6.07) is 10.9. The van der Waals surface area contributed by atoms with Crippen LogP contribution in [0.4, 0.5) is 4.79 Å². The largest absolute Gasteiger partial charge is 0.467 e. The van der Waals surface area contributed by atoms with E-state index in [1.54, 1.807) is 7.11 Å². The highest BCUT2D eigenvalue weighted by Crippen LogP contribution is 2.37. The molecular weight excluding hydrogens is 548 g/mol. The van der Waals surface area contributed by atoms with E-state index in [1.807, 2.05) is 56.9 Å². The molecule has 1 aliphatic heterocycles. The lowest BCUT2D eigenvalue weighted by molar-refractivity contribution is -0.00556. The number of carbonyl (C=O) groups excluding carboxylic acids is 1. The number of methoxy groups -OCH3 is 1. The Balaban J connectivity index is 1.76. The van der Waals surface area contributed by atoms with Crippen LogP contribution in [-0.2, 0) is 27.4 Å². The molecule has 1 saturated heterocycles. The van der Waals surface area contributed by atoms with Crippen LogP contribution in [0.5, 0.6) is 5.75 Å². The van der Waals surface area contributed by atoms with Gasteiger partial charge in [0.05, 0.1) is 5.69 Å². The number of hydrogen-bond donors (Lipinski definition) is 0. The monoisotopic (exact) mass is 594 g/mol. The first-order chi connectivity index (χ1) is 19.8. The summed E-state index contributed by atoms with van der Waals surface area (Å²) in [7, 11) is 0.338. The molecule has 1 atom stereocenters. The van der Waals surface area contributed by atoms with Gasteiger partial charge in [-0.1, -0.05) is 38.4 Å². The molecule has 42 heavy (non-hydrogen) atoms.